The number of aliphatic hydroxyl groups is 1. The molecule has 61 heavy (non-hydrogen) atoms. The Morgan fingerprint density at radius 2 is 1.46 bits per heavy atom. The quantitative estimate of drug-likeness (QED) is 0.0357. The molecule has 0 radical (unpaired) electrons. The van der Waals surface area contributed by atoms with Crippen molar-refractivity contribution in [3.8, 4) is 11.5 Å². The van der Waals surface area contributed by atoms with Crippen molar-refractivity contribution in [2.45, 2.75) is 82.8 Å². The lowest BCUT2D eigenvalue weighted by molar-refractivity contribution is -0.193. The second kappa shape index (κ2) is 20.9. The zero-order chi connectivity index (χ0) is 43.4. The van der Waals surface area contributed by atoms with E-state index in [9.17, 15) is 24.3 Å². The molecule has 0 saturated carbocycles. The van der Waals surface area contributed by atoms with Crippen LogP contribution in [0.25, 0.3) is 6.08 Å². The molecule has 0 spiro atoms. The highest BCUT2D eigenvalue weighted by atomic mass is 16.7. The molecule has 2 saturated heterocycles. The third-order valence-electron chi connectivity index (χ3n) is 10.6. The zero-order valence-corrected chi connectivity index (χ0v) is 35.0. The van der Waals surface area contributed by atoms with Crippen LogP contribution in [0.15, 0.2) is 101 Å². The fraction of sp³-hybridized carbons (Fsp3) is 0.391. The van der Waals surface area contributed by atoms with Crippen LogP contribution < -0.4 is 15.2 Å². The molecule has 2 aliphatic rings. The van der Waals surface area contributed by atoms with Gasteiger partial charge in [-0.15, -0.1) is 5.06 Å². The molecule has 0 unspecified atom stereocenters. The fourth-order valence-corrected chi connectivity index (χ4v) is 7.24. The Balaban J connectivity index is 1.31. The predicted molar refractivity (Wildman–Crippen MR) is 227 cm³/mol. The molecule has 2 aliphatic heterocycles. The number of carbonyl (C=O) groups is 3. The topological polar surface area (TPSA) is 171 Å². The summed E-state index contributed by atoms with van der Waals surface area (Å²) in [5.74, 6) is -0.846. The van der Waals surface area contributed by atoms with Crippen molar-refractivity contribution in [3.63, 3.8) is 0 Å². The molecule has 0 aliphatic carbocycles. The molecule has 3 heterocycles. The van der Waals surface area contributed by atoms with Gasteiger partial charge in [0.1, 0.15) is 29.4 Å². The van der Waals surface area contributed by atoms with Crippen molar-refractivity contribution < 1.29 is 43.3 Å². The van der Waals surface area contributed by atoms with Crippen molar-refractivity contribution in [2.75, 3.05) is 33.9 Å². The number of aromatic nitrogens is 2. The van der Waals surface area contributed by atoms with Crippen LogP contribution in [-0.4, -0.2) is 94.9 Å². The van der Waals surface area contributed by atoms with E-state index in [1.807, 2.05) is 78.9 Å². The summed E-state index contributed by atoms with van der Waals surface area (Å²) in [6.07, 6.45) is 6.32. The number of nitrogens with zero attached hydrogens (tertiary/aromatic N) is 5. The number of methoxy groups -OCH3 is 2. The van der Waals surface area contributed by atoms with Crippen molar-refractivity contribution >= 4 is 36.0 Å². The second-order valence-corrected chi connectivity index (χ2v) is 14.8. The van der Waals surface area contributed by atoms with Crippen LogP contribution in [-0.2, 0) is 34.3 Å². The maximum atomic E-state index is 13.8. The second-order valence-electron chi connectivity index (χ2n) is 14.8. The fourth-order valence-electron chi connectivity index (χ4n) is 7.24. The first-order chi connectivity index (χ1) is 29.6. The molecular formula is C46H53N5O10. The highest BCUT2D eigenvalue weighted by molar-refractivity contribution is 6.02. The van der Waals surface area contributed by atoms with E-state index in [0.29, 0.717) is 16.6 Å². The lowest BCUT2D eigenvalue weighted by Gasteiger charge is -2.37. The Hall–Kier alpha value is -6.16. The van der Waals surface area contributed by atoms with E-state index in [1.54, 1.807) is 20.6 Å². The van der Waals surface area contributed by atoms with Gasteiger partial charge in [0.2, 0.25) is 0 Å². The molecule has 1 N–H and O–H groups in total. The Bertz CT molecular complexity index is 2150. The van der Waals surface area contributed by atoms with Gasteiger partial charge < -0.3 is 33.8 Å². The third kappa shape index (κ3) is 10.6. The number of benzene rings is 3. The number of ether oxygens (including phenoxy) is 4. The van der Waals surface area contributed by atoms with Crippen LogP contribution >= 0.6 is 0 Å². The van der Waals surface area contributed by atoms with Gasteiger partial charge in [0, 0.05) is 50.2 Å². The normalized spacial score (nSPS) is 18.0. The summed E-state index contributed by atoms with van der Waals surface area (Å²) in [7, 11) is 3.20. The number of carbonyl (C=O) groups excluding carboxylic acids is 3. The van der Waals surface area contributed by atoms with E-state index in [2.05, 4.69) is 28.7 Å². The van der Waals surface area contributed by atoms with Crippen molar-refractivity contribution in [1.82, 2.24) is 19.5 Å². The van der Waals surface area contributed by atoms with Crippen molar-refractivity contribution in [1.29, 1.82) is 0 Å². The summed E-state index contributed by atoms with van der Waals surface area (Å²) in [5.41, 5.74) is 0.781. The molecule has 0 bridgehead atoms. The first-order valence-corrected chi connectivity index (χ1v) is 20.6. The lowest BCUT2D eigenvalue weighted by atomic mass is 9.80. The van der Waals surface area contributed by atoms with E-state index in [4.69, 9.17) is 23.8 Å². The maximum Gasteiger partial charge on any atom is 0.356 e. The minimum Gasteiger partial charge on any atom is -0.497 e. The predicted octanol–water partition coefficient (Wildman–Crippen LogP) is 6.10. The molecule has 322 valence electrons. The molecule has 15 heteroatoms. The molecule has 6 rings (SSSR count). The number of hydrogen-bond acceptors (Lipinski definition) is 12. The van der Waals surface area contributed by atoms with E-state index >= 15 is 0 Å². The van der Waals surface area contributed by atoms with Crippen LogP contribution in [0.3, 0.4) is 0 Å². The Morgan fingerprint density at radius 3 is 2.02 bits per heavy atom. The average molecular weight is 836 g/mol. The summed E-state index contributed by atoms with van der Waals surface area (Å²) in [4.78, 5) is 66.7. The molecule has 3 aromatic carbocycles. The zero-order valence-electron chi connectivity index (χ0n) is 35.0. The summed E-state index contributed by atoms with van der Waals surface area (Å²) < 4.78 is 25.6. The van der Waals surface area contributed by atoms with Gasteiger partial charge in [-0.3, -0.25) is 14.2 Å². The Morgan fingerprint density at radius 1 is 0.885 bits per heavy atom. The first-order valence-electron chi connectivity index (χ1n) is 20.6. The Labute approximate surface area is 355 Å². The Kier molecular flexibility index (Phi) is 15.2. The largest absolute Gasteiger partial charge is 0.497 e. The minimum atomic E-state index is -1.18. The minimum absolute atomic E-state index is 0.0217. The number of rotatable bonds is 20. The lowest BCUT2D eigenvalue weighted by Crippen LogP contribution is -2.38. The standard InChI is InChI=1S/C46H53N5O10/c1-5-7-26-49(27-8-6-2)31-47-44-32(14-25-43(55)61-51-40(53)23-24-41(51)54)29-50(45(56)48-44)42-28-38(52)39(60-42)30-59-46(33-12-10-9-11-13-33,34-15-19-36(57-3)20-16-34)35-17-21-37(58-4)22-18-35/h9-22,25,29,31,38-39,42,52H,5-8,23-24,26-28,30H2,1-4H3/b25-14+,47-31?/t38-,39-,42-/m1/s1. The van der Waals surface area contributed by atoms with Crippen LogP contribution in [0, 0.1) is 0 Å². The van der Waals surface area contributed by atoms with Crippen LogP contribution in [0.5, 0.6) is 11.5 Å². The number of amides is 2. The SMILES string of the molecule is CCCCN(C=Nc1nc(=O)n([C@H]2C[C@@H](O)[C@@H](COC(c3ccccc3)(c3ccc(OC)cc3)c3ccc(OC)cc3)O2)cc1/C=C/C(=O)ON1C(=O)CCC1=O)CCCC. The number of imide groups is 1. The summed E-state index contributed by atoms with van der Waals surface area (Å²) in [6, 6.07) is 24.9. The number of aliphatic hydroxyl groups excluding tert-OH is 1. The molecule has 2 amide bonds. The monoisotopic (exact) mass is 835 g/mol. The highest BCUT2D eigenvalue weighted by Crippen LogP contribution is 2.43. The number of hydrogen-bond donors (Lipinski definition) is 1. The van der Waals surface area contributed by atoms with Crippen molar-refractivity contribution in [2.24, 2.45) is 4.99 Å². The molecule has 4 aromatic rings. The van der Waals surface area contributed by atoms with Gasteiger partial charge in [0.05, 0.1) is 33.3 Å². The van der Waals surface area contributed by atoms with E-state index in [0.717, 1.165) is 61.5 Å². The maximum absolute atomic E-state index is 13.8. The third-order valence-corrected chi connectivity index (χ3v) is 10.6. The first kappa shape index (κ1) is 44.4. The van der Waals surface area contributed by atoms with Crippen LogP contribution in [0.2, 0.25) is 0 Å². The number of hydroxylamine groups is 2. The van der Waals surface area contributed by atoms with Crippen LogP contribution in [0.4, 0.5) is 5.82 Å². The highest BCUT2D eigenvalue weighted by Gasteiger charge is 2.42. The summed E-state index contributed by atoms with van der Waals surface area (Å²) in [6.45, 7) is 5.62. The van der Waals surface area contributed by atoms with Gasteiger partial charge >= 0.3 is 11.7 Å². The molecule has 15 nitrogen and oxygen atoms in total. The van der Waals surface area contributed by atoms with Crippen LogP contribution in [0.1, 0.15) is 87.3 Å². The van der Waals surface area contributed by atoms with E-state index in [1.165, 1.54) is 16.8 Å². The summed E-state index contributed by atoms with van der Waals surface area (Å²) >= 11 is 0. The molecular weight excluding hydrogens is 783 g/mol. The van der Waals surface area contributed by atoms with Gasteiger partial charge in [0.15, 0.2) is 5.82 Å². The van der Waals surface area contributed by atoms with Gasteiger partial charge in [0.25, 0.3) is 11.8 Å². The van der Waals surface area contributed by atoms with Crippen molar-refractivity contribution in [3.05, 3.63) is 124 Å². The molecule has 3 atom stereocenters. The number of unbranched alkanes of at least 4 members (excludes halogenated alkanes) is 2. The number of aliphatic imine (C=N–C) groups is 1. The summed E-state index contributed by atoms with van der Waals surface area (Å²) in [5, 5.41) is 11.9. The average Bonchev–Trinajstić information content (AvgIpc) is 3.82. The van der Waals surface area contributed by atoms with Gasteiger partial charge in [-0.2, -0.15) is 4.98 Å². The van der Waals surface area contributed by atoms with Gasteiger partial charge in [-0.05, 0) is 59.9 Å². The van der Waals surface area contributed by atoms with E-state index < -0.39 is 47.5 Å². The van der Waals surface area contributed by atoms with Gasteiger partial charge in [-0.1, -0.05) is 81.3 Å². The molecule has 2 fully saturated rings. The molecule has 1 aromatic heterocycles. The van der Waals surface area contributed by atoms with Gasteiger partial charge in [-0.25, -0.2) is 14.6 Å². The van der Waals surface area contributed by atoms with E-state index in [-0.39, 0.29) is 37.3 Å². The smallest absolute Gasteiger partial charge is 0.356 e.